The van der Waals surface area contributed by atoms with Crippen LogP contribution in [0.25, 0.3) is 5.65 Å². The number of pyridine rings is 1. The first-order chi connectivity index (χ1) is 6.93. The van der Waals surface area contributed by atoms with Crippen LogP contribution in [0.3, 0.4) is 0 Å². The summed E-state index contributed by atoms with van der Waals surface area (Å²) in [6, 6.07) is 5.89. The van der Waals surface area contributed by atoms with Crippen molar-refractivity contribution < 1.29 is 4.74 Å². The largest absolute Gasteiger partial charge is 0.372 e. The smallest absolute Gasteiger partial charge is 0.195 e. The lowest BCUT2D eigenvalue weighted by atomic mass is 10.5. The molecule has 72 valence electrons. The number of rotatable bonds is 3. The van der Waals surface area contributed by atoms with Crippen LogP contribution in [0, 0.1) is 0 Å². The molecule has 0 N–H and O–H groups in total. The van der Waals surface area contributed by atoms with Crippen molar-refractivity contribution >= 4 is 17.4 Å². The van der Waals surface area contributed by atoms with Crippen LogP contribution in [0.4, 0.5) is 0 Å². The van der Waals surface area contributed by atoms with Gasteiger partial charge in [-0.15, -0.1) is 10.2 Å². The van der Waals surface area contributed by atoms with Crippen LogP contribution in [0.2, 0.25) is 0 Å². The molecule has 1 unspecified atom stereocenters. The van der Waals surface area contributed by atoms with E-state index in [1.54, 1.807) is 11.8 Å². The molecule has 1 fully saturated rings. The van der Waals surface area contributed by atoms with Crippen molar-refractivity contribution in [1.82, 2.24) is 14.6 Å². The van der Waals surface area contributed by atoms with E-state index >= 15 is 0 Å². The first-order valence-electron chi connectivity index (χ1n) is 4.47. The van der Waals surface area contributed by atoms with E-state index in [1.807, 2.05) is 28.8 Å². The third kappa shape index (κ3) is 1.49. The molecule has 1 saturated heterocycles. The molecule has 3 rings (SSSR count). The van der Waals surface area contributed by atoms with Crippen LogP contribution < -0.4 is 0 Å². The fraction of sp³-hybridized carbons (Fsp3) is 0.333. The number of aromatic nitrogens is 3. The molecule has 0 aliphatic carbocycles. The number of fused-ring (bicyclic) bond motifs is 1. The molecule has 0 amide bonds. The summed E-state index contributed by atoms with van der Waals surface area (Å²) >= 11 is 1.69. The number of hydrogen-bond acceptors (Lipinski definition) is 4. The van der Waals surface area contributed by atoms with E-state index in [9.17, 15) is 0 Å². The molecule has 4 nitrogen and oxygen atoms in total. The van der Waals surface area contributed by atoms with E-state index in [0.29, 0.717) is 6.10 Å². The Bertz CT molecular complexity index is 452. The highest BCUT2D eigenvalue weighted by molar-refractivity contribution is 7.99. The summed E-state index contributed by atoms with van der Waals surface area (Å²) in [5.74, 6) is 0.968. The van der Waals surface area contributed by atoms with Gasteiger partial charge in [0, 0.05) is 11.9 Å². The summed E-state index contributed by atoms with van der Waals surface area (Å²) in [5, 5.41) is 9.12. The Hall–Kier alpha value is -1.07. The summed E-state index contributed by atoms with van der Waals surface area (Å²) in [6.07, 6.45) is 2.40. The molecule has 0 spiro atoms. The normalized spacial score (nSPS) is 20.1. The number of ether oxygens (including phenoxy) is 1. The molecule has 0 radical (unpaired) electrons. The maximum Gasteiger partial charge on any atom is 0.195 e. The second-order valence-electron chi connectivity index (χ2n) is 3.18. The fourth-order valence-electron chi connectivity index (χ4n) is 1.25. The van der Waals surface area contributed by atoms with Crippen LogP contribution in [0.5, 0.6) is 0 Å². The number of epoxide rings is 1. The van der Waals surface area contributed by atoms with Gasteiger partial charge in [0.1, 0.15) is 0 Å². The van der Waals surface area contributed by atoms with Gasteiger partial charge in [-0.25, -0.2) is 0 Å². The monoisotopic (exact) mass is 207 g/mol. The van der Waals surface area contributed by atoms with Crippen LogP contribution in [-0.4, -0.2) is 33.1 Å². The first-order valence-corrected chi connectivity index (χ1v) is 5.46. The molecule has 5 heteroatoms. The molecule has 0 bridgehead atoms. The Kier molecular flexibility index (Phi) is 1.92. The zero-order valence-electron chi connectivity index (χ0n) is 7.46. The molecule has 2 aromatic heterocycles. The minimum atomic E-state index is 0.427. The van der Waals surface area contributed by atoms with Gasteiger partial charge in [-0.3, -0.25) is 4.40 Å². The predicted molar refractivity (Wildman–Crippen MR) is 53.5 cm³/mol. The minimum Gasteiger partial charge on any atom is -0.372 e. The maximum absolute atomic E-state index is 5.14. The Morgan fingerprint density at radius 3 is 3.29 bits per heavy atom. The summed E-state index contributed by atoms with van der Waals surface area (Å²) < 4.78 is 7.13. The van der Waals surface area contributed by atoms with Gasteiger partial charge in [0.25, 0.3) is 0 Å². The molecule has 0 saturated carbocycles. The zero-order valence-corrected chi connectivity index (χ0v) is 8.28. The van der Waals surface area contributed by atoms with E-state index < -0.39 is 0 Å². The molecule has 3 heterocycles. The van der Waals surface area contributed by atoms with Crippen molar-refractivity contribution in [2.45, 2.75) is 11.3 Å². The lowest BCUT2D eigenvalue weighted by molar-refractivity contribution is 0.426. The lowest BCUT2D eigenvalue weighted by Gasteiger charge is -1.96. The van der Waals surface area contributed by atoms with Crippen molar-refractivity contribution in [1.29, 1.82) is 0 Å². The van der Waals surface area contributed by atoms with E-state index in [0.717, 1.165) is 23.2 Å². The zero-order chi connectivity index (χ0) is 9.38. The van der Waals surface area contributed by atoms with Crippen molar-refractivity contribution in [2.24, 2.45) is 0 Å². The van der Waals surface area contributed by atoms with Crippen molar-refractivity contribution in [3.05, 3.63) is 24.4 Å². The standard InChI is InChI=1S/C9H9N3OS/c1-2-4-12-8(3-1)10-11-9(12)14-6-7-5-13-7/h1-4,7H,5-6H2. The highest BCUT2D eigenvalue weighted by Crippen LogP contribution is 2.22. The average Bonchev–Trinajstić information content (AvgIpc) is 2.96. The van der Waals surface area contributed by atoms with Gasteiger partial charge >= 0.3 is 0 Å². The summed E-state index contributed by atoms with van der Waals surface area (Å²) in [6.45, 7) is 0.893. The molecule has 2 aromatic rings. The summed E-state index contributed by atoms with van der Waals surface area (Å²) in [7, 11) is 0. The highest BCUT2D eigenvalue weighted by atomic mass is 32.2. The lowest BCUT2D eigenvalue weighted by Crippen LogP contribution is -1.92. The molecular weight excluding hydrogens is 198 g/mol. The molecular formula is C9H9N3OS. The van der Waals surface area contributed by atoms with E-state index in [-0.39, 0.29) is 0 Å². The van der Waals surface area contributed by atoms with E-state index in [4.69, 9.17) is 4.74 Å². The van der Waals surface area contributed by atoms with Crippen molar-refractivity contribution in [3.63, 3.8) is 0 Å². The average molecular weight is 207 g/mol. The van der Waals surface area contributed by atoms with Gasteiger partial charge in [-0.2, -0.15) is 0 Å². The molecule has 1 aliphatic rings. The van der Waals surface area contributed by atoms with Gasteiger partial charge in [-0.05, 0) is 12.1 Å². The molecule has 14 heavy (non-hydrogen) atoms. The summed E-state index contributed by atoms with van der Waals surface area (Å²) in [4.78, 5) is 0. The third-order valence-corrected chi connectivity index (χ3v) is 3.16. The first kappa shape index (κ1) is 8.26. The van der Waals surface area contributed by atoms with Crippen LogP contribution >= 0.6 is 11.8 Å². The van der Waals surface area contributed by atoms with Gasteiger partial charge in [0.05, 0.1) is 12.7 Å². The minimum absolute atomic E-state index is 0.427. The topological polar surface area (TPSA) is 42.7 Å². The number of nitrogens with zero attached hydrogens (tertiary/aromatic N) is 3. The number of hydrogen-bond donors (Lipinski definition) is 0. The molecule has 1 atom stereocenters. The SMILES string of the molecule is c1ccn2c(SCC3CO3)nnc2c1. The van der Waals surface area contributed by atoms with Crippen molar-refractivity contribution in [3.8, 4) is 0 Å². The maximum atomic E-state index is 5.14. The fourth-order valence-corrected chi connectivity index (χ4v) is 2.17. The summed E-state index contributed by atoms with van der Waals surface area (Å²) in [5.41, 5.74) is 0.895. The van der Waals surface area contributed by atoms with Crippen LogP contribution in [0.1, 0.15) is 0 Å². The third-order valence-electron chi connectivity index (χ3n) is 2.08. The van der Waals surface area contributed by atoms with E-state index in [2.05, 4.69) is 10.2 Å². The predicted octanol–water partition coefficient (Wildman–Crippen LogP) is 1.22. The van der Waals surface area contributed by atoms with Gasteiger partial charge < -0.3 is 4.74 Å². The van der Waals surface area contributed by atoms with Crippen molar-refractivity contribution in [2.75, 3.05) is 12.4 Å². The Morgan fingerprint density at radius 2 is 2.43 bits per heavy atom. The second kappa shape index (κ2) is 3.25. The second-order valence-corrected chi connectivity index (χ2v) is 4.16. The quantitative estimate of drug-likeness (QED) is 0.560. The van der Waals surface area contributed by atoms with Crippen LogP contribution in [-0.2, 0) is 4.74 Å². The number of thioether (sulfide) groups is 1. The molecule has 1 aliphatic heterocycles. The molecule has 0 aromatic carbocycles. The van der Waals surface area contributed by atoms with Crippen LogP contribution in [0.15, 0.2) is 29.6 Å². The Balaban J connectivity index is 1.87. The van der Waals surface area contributed by atoms with E-state index in [1.165, 1.54) is 0 Å². The highest BCUT2D eigenvalue weighted by Gasteiger charge is 2.23. The van der Waals surface area contributed by atoms with Gasteiger partial charge in [-0.1, -0.05) is 17.8 Å². The Labute approximate surface area is 85.3 Å². The van der Waals surface area contributed by atoms with Gasteiger partial charge in [0.2, 0.25) is 0 Å². The Morgan fingerprint density at radius 1 is 1.50 bits per heavy atom. The van der Waals surface area contributed by atoms with Gasteiger partial charge in [0.15, 0.2) is 10.8 Å².